The van der Waals surface area contributed by atoms with Crippen molar-refractivity contribution in [3.63, 3.8) is 0 Å². The zero-order chi connectivity index (χ0) is 17.8. The molecule has 2 aliphatic heterocycles. The molecule has 3 aromatic rings. The smallest absolute Gasteiger partial charge is 0.337 e. The highest BCUT2D eigenvalue weighted by Crippen LogP contribution is 2.47. The van der Waals surface area contributed by atoms with Gasteiger partial charge < -0.3 is 15.2 Å². The molecule has 0 bridgehead atoms. The lowest BCUT2D eigenvalue weighted by Crippen LogP contribution is -2.20. The average Bonchev–Trinajstić information content (AvgIpc) is 3.00. The summed E-state index contributed by atoms with van der Waals surface area (Å²) in [6, 6.07) is 11.3. The minimum absolute atomic E-state index is 0.201. The number of cyclic esters (lactones) is 1. The zero-order valence-corrected chi connectivity index (χ0v) is 15.1. The number of rotatable bonds is 1. The summed E-state index contributed by atoms with van der Waals surface area (Å²) in [5.41, 5.74) is 4.15. The minimum atomic E-state index is -0.306. The van der Waals surface area contributed by atoms with Crippen molar-refractivity contribution in [2.45, 2.75) is 5.92 Å². The number of nitrogens with zero attached hydrogens (tertiary/aromatic N) is 1. The first-order valence-electron chi connectivity index (χ1n) is 8.15. The average molecular weight is 409 g/mol. The highest BCUT2D eigenvalue weighted by atomic mass is 79.9. The number of phenolic OH excluding ortho intramolecular Hbond substituents is 1. The molecular formula is C20H13BrN2O3. The summed E-state index contributed by atoms with van der Waals surface area (Å²) in [4.78, 5) is 16.7. The number of benzene rings is 2. The molecule has 5 nitrogen and oxygen atoms in total. The molecule has 128 valence electrons. The van der Waals surface area contributed by atoms with Gasteiger partial charge in [0.15, 0.2) is 0 Å². The summed E-state index contributed by atoms with van der Waals surface area (Å²) in [6.45, 7) is 0.223. The fourth-order valence-electron chi connectivity index (χ4n) is 3.76. The van der Waals surface area contributed by atoms with Crippen LogP contribution < -0.4 is 5.32 Å². The third-order valence-electron chi connectivity index (χ3n) is 4.86. The monoisotopic (exact) mass is 408 g/mol. The van der Waals surface area contributed by atoms with Crippen LogP contribution in [0.1, 0.15) is 17.0 Å². The van der Waals surface area contributed by atoms with E-state index in [0.29, 0.717) is 5.57 Å². The van der Waals surface area contributed by atoms with Crippen molar-refractivity contribution in [2.75, 3.05) is 11.9 Å². The Morgan fingerprint density at radius 2 is 2.04 bits per heavy atom. The predicted octanol–water partition coefficient (Wildman–Crippen LogP) is 4.07. The minimum Gasteiger partial charge on any atom is -0.508 e. The van der Waals surface area contributed by atoms with Gasteiger partial charge in [0.05, 0.1) is 17.0 Å². The second-order valence-corrected chi connectivity index (χ2v) is 7.31. The van der Waals surface area contributed by atoms with Crippen LogP contribution in [0.2, 0.25) is 0 Å². The first-order valence-corrected chi connectivity index (χ1v) is 8.94. The molecule has 0 aliphatic carbocycles. The van der Waals surface area contributed by atoms with Crippen LogP contribution in [-0.4, -0.2) is 22.7 Å². The van der Waals surface area contributed by atoms with Gasteiger partial charge in [0, 0.05) is 28.2 Å². The van der Waals surface area contributed by atoms with Gasteiger partial charge in [-0.05, 0) is 50.6 Å². The second-order valence-electron chi connectivity index (χ2n) is 6.40. The van der Waals surface area contributed by atoms with Crippen LogP contribution >= 0.6 is 15.9 Å². The summed E-state index contributed by atoms with van der Waals surface area (Å²) in [6.07, 6.45) is 3.49. The number of hydrogen-bond acceptors (Lipinski definition) is 5. The molecular weight excluding hydrogens is 396 g/mol. The van der Waals surface area contributed by atoms with Gasteiger partial charge in [-0.2, -0.15) is 0 Å². The number of aromatic hydroxyl groups is 1. The van der Waals surface area contributed by atoms with Gasteiger partial charge >= 0.3 is 5.97 Å². The van der Waals surface area contributed by atoms with Gasteiger partial charge in [0.1, 0.15) is 12.4 Å². The van der Waals surface area contributed by atoms with E-state index in [1.54, 1.807) is 24.5 Å². The number of ether oxygens (including phenoxy) is 1. The van der Waals surface area contributed by atoms with Crippen LogP contribution in [0.5, 0.6) is 5.75 Å². The lowest BCUT2D eigenvalue weighted by Gasteiger charge is -2.28. The summed E-state index contributed by atoms with van der Waals surface area (Å²) in [5.74, 6) is -0.376. The van der Waals surface area contributed by atoms with Crippen molar-refractivity contribution in [2.24, 2.45) is 0 Å². The van der Waals surface area contributed by atoms with Crippen LogP contribution in [0.3, 0.4) is 0 Å². The molecule has 0 spiro atoms. The summed E-state index contributed by atoms with van der Waals surface area (Å²) >= 11 is 3.46. The third kappa shape index (κ3) is 2.22. The number of esters is 1. The number of anilines is 1. The van der Waals surface area contributed by atoms with Crippen LogP contribution in [0.4, 0.5) is 5.69 Å². The van der Waals surface area contributed by atoms with Gasteiger partial charge in [0.25, 0.3) is 0 Å². The fraction of sp³-hybridized carbons (Fsp3) is 0.100. The number of fused-ring (bicyclic) bond motifs is 3. The molecule has 0 saturated heterocycles. The van der Waals surface area contributed by atoms with Crippen molar-refractivity contribution < 1.29 is 14.6 Å². The van der Waals surface area contributed by atoms with Gasteiger partial charge in [-0.3, -0.25) is 4.98 Å². The third-order valence-corrected chi connectivity index (χ3v) is 5.30. The molecule has 5 rings (SSSR count). The van der Waals surface area contributed by atoms with Crippen molar-refractivity contribution in [3.8, 4) is 5.75 Å². The Hall–Kier alpha value is -2.86. The number of halogens is 1. The summed E-state index contributed by atoms with van der Waals surface area (Å²) in [5, 5.41) is 15.2. The van der Waals surface area contributed by atoms with Crippen LogP contribution in [-0.2, 0) is 9.53 Å². The molecule has 2 aliphatic rings. The van der Waals surface area contributed by atoms with E-state index >= 15 is 0 Å². The van der Waals surface area contributed by atoms with Crippen molar-refractivity contribution >= 4 is 38.4 Å². The molecule has 1 atom stereocenters. The van der Waals surface area contributed by atoms with Crippen LogP contribution in [0, 0.1) is 0 Å². The van der Waals surface area contributed by atoms with Crippen LogP contribution in [0.25, 0.3) is 10.8 Å². The van der Waals surface area contributed by atoms with E-state index < -0.39 is 0 Å². The maximum Gasteiger partial charge on any atom is 0.337 e. The number of nitrogens with one attached hydrogen (secondary N) is 1. The molecule has 2 aromatic carbocycles. The van der Waals surface area contributed by atoms with E-state index in [1.807, 2.05) is 24.3 Å². The van der Waals surface area contributed by atoms with E-state index in [-0.39, 0.29) is 24.2 Å². The van der Waals surface area contributed by atoms with E-state index in [9.17, 15) is 9.90 Å². The largest absolute Gasteiger partial charge is 0.508 e. The predicted molar refractivity (Wildman–Crippen MR) is 101 cm³/mol. The second kappa shape index (κ2) is 5.57. The zero-order valence-electron chi connectivity index (χ0n) is 13.5. The Morgan fingerprint density at radius 3 is 2.88 bits per heavy atom. The number of hydrogen-bond donors (Lipinski definition) is 2. The molecule has 1 unspecified atom stereocenters. The number of carbonyl (C=O) groups excluding carboxylic acids is 1. The standard InChI is InChI=1S/C20H13BrN2O3/c21-12-5-11(7-22-8-12)17-14-4-2-10-1-3-13(24)6-15(10)19(14)23-16-9-26-20(25)18(16)17/h1-8,17,23-24H,9H2. The molecule has 0 saturated carbocycles. The fourth-order valence-corrected chi connectivity index (χ4v) is 4.14. The highest BCUT2D eigenvalue weighted by Gasteiger charge is 2.39. The Morgan fingerprint density at radius 1 is 1.19 bits per heavy atom. The highest BCUT2D eigenvalue weighted by molar-refractivity contribution is 9.10. The Balaban J connectivity index is 1.81. The first-order chi connectivity index (χ1) is 12.6. The molecule has 0 fully saturated rings. The normalized spacial score (nSPS) is 18.3. The SMILES string of the molecule is O=C1OCC2=C1C(c1cncc(Br)c1)c1ccc3ccc(O)cc3c1N2. The van der Waals surface area contributed by atoms with E-state index in [1.165, 1.54) is 0 Å². The molecule has 26 heavy (non-hydrogen) atoms. The summed E-state index contributed by atoms with van der Waals surface area (Å²) in [7, 11) is 0. The van der Waals surface area contributed by atoms with E-state index in [2.05, 4.69) is 26.2 Å². The topological polar surface area (TPSA) is 71.5 Å². The first kappa shape index (κ1) is 15.4. The molecule has 3 heterocycles. The lowest BCUT2D eigenvalue weighted by atomic mass is 9.80. The van der Waals surface area contributed by atoms with Crippen molar-refractivity contribution in [1.29, 1.82) is 0 Å². The number of pyridine rings is 1. The lowest BCUT2D eigenvalue weighted by molar-refractivity contribution is -0.136. The molecule has 0 amide bonds. The molecule has 0 radical (unpaired) electrons. The van der Waals surface area contributed by atoms with Crippen LogP contribution in [0.15, 0.2) is 64.5 Å². The molecule has 6 heteroatoms. The number of aromatic nitrogens is 1. The number of phenols is 1. The Kier molecular flexibility index (Phi) is 3.30. The number of carbonyl (C=O) groups is 1. The Bertz CT molecular complexity index is 1120. The maximum atomic E-state index is 12.4. The van der Waals surface area contributed by atoms with Gasteiger partial charge in [-0.25, -0.2) is 4.79 Å². The quantitative estimate of drug-likeness (QED) is 0.593. The van der Waals surface area contributed by atoms with E-state index in [4.69, 9.17) is 4.74 Å². The summed E-state index contributed by atoms with van der Waals surface area (Å²) < 4.78 is 6.14. The van der Waals surface area contributed by atoms with Gasteiger partial charge in [0.2, 0.25) is 0 Å². The molecule has 2 N–H and O–H groups in total. The van der Waals surface area contributed by atoms with Gasteiger partial charge in [-0.1, -0.05) is 18.2 Å². The van der Waals surface area contributed by atoms with Crippen molar-refractivity contribution in [3.05, 3.63) is 75.7 Å². The van der Waals surface area contributed by atoms with E-state index in [0.717, 1.165) is 37.8 Å². The molecule has 1 aromatic heterocycles. The van der Waals surface area contributed by atoms with Crippen molar-refractivity contribution in [1.82, 2.24) is 4.98 Å². The van der Waals surface area contributed by atoms with Gasteiger partial charge in [-0.15, -0.1) is 0 Å². The maximum absolute atomic E-state index is 12.4. The Labute approximate surface area is 157 Å².